The number of carboxylic acids is 1. The molecule has 0 heterocycles. The van der Waals surface area contributed by atoms with E-state index >= 15 is 0 Å². The zero-order valence-electron chi connectivity index (χ0n) is 10.4. The number of ether oxygens (including phenoxy) is 1. The van der Waals surface area contributed by atoms with Crippen molar-refractivity contribution in [1.29, 1.82) is 0 Å². The lowest BCUT2D eigenvalue weighted by atomic mass is 9.97. The fourth-order valence-corrected chi connectivity index (χ4v) is 2.17. The van der Waals surface area contributed by atoms with Gasteiger partial charge in [0.05, 0.1) is 12.0 Å². The van der Waals surface area contributed by atoms with Gasteiger partial charge in [0.2, 0.25) is 0 Å². The lowest BCUT2D eigenvalue weighted by molar-refractivity contribution is -0.145. The van der Waals surface area contributed by atoms with Gasteiger partial charge in [-0.1, -0.05) is 6.07 Å². The zero-order chi connectivity index (χ0) is 12.9. The van der Waals surface area contributed by atoms with E-state index in [0.29, 0.717) is 12.4 Å². The molecular weight excluding hydrogens is 236 g/mol. The Kier molecular flexibility index (Phi) is 4.87. The largest absolute Gasteiger partial charge is 0.494 e. The average Bonchev–Trinajstić information content (AvgIpc) is 2.27. The van der Waals surface area contributed by atoms with E-state index in [0.717, 1.165) is 10.6 Å². The van der Waals surface area contributed by atoms with Gasteiger partial charge < -0.3 is 9.84 Å². The molecule has 17 heavy (non-hydrogen) atoms. The topological polar surface area (TPSA) is 46.5 Å². The van der Waals surface area contributed by atoms with Crippen LogP contribution in [0.2, 0.25) is 0 Å². The number of carbonyl (C=O) groups is 1. The zero-order valence-corrected chi connectivity index (χ0v) is 11.2. The van der Waals surface area contributed by atoms with Crippen molar-refractivity contribution in [2.24, 2.45) is 5.41 Å². The molecule has 1 rings (SSSR count). The van der Waals surface area contributed by atoms with Crippen LogP contribution in [0.1, 0.15) is 20.8 Å². The standard InChI is InChI=1S/C13H18O3S/c1-4-16-10-6-5-7-11(8-10)17-9-13(2,3)12(14)15/h5-8H,4,9H2,1-3H3,(H,14,15). The molecule has 0 bridgehead atoms. The van der Waals surface area contributed by atoms with Crippen LogP contribution < -0.4 is 4.74 Å². The first-order valence-corrected chi connectivity index (χ1v) is 6.53. The predicted molar refractivity (Wildman–Crippen MR) is 69.8 cm³/mol. The van der Waals surface area contributed by atoms with Crippen molar-refractivity contribution >= 4 is 17.7 Å². The maximum atomic E-state index is 11.0. The fourth-order valence-electron chi connectivity index (χ4n) is 1.15. The summed E-state index contributed by atoms with van der Waals surface area (Å²) in [6.45, 7) is 6.03. The van der Waals surface area contributed by atoms with Crippen LogP contribution in [0.3, 0.4) is 0 Å². The van der Waals surface area contributed by atoms with Gasteiger partial charge in [-0.2, -0.15) is 0 Å². The Morgan fingerprint density at radius 2 is 2.18 bits per heavy atom. The summed E-state index contributed by atoms with van der Waals surface area (Å²) in [5.74, 6) is 0.592. The van der Waals surface area contributed by atoms with Crippen LogP contribution in [0, 0.1) is 5.41 Å². The Labute approximate surface area is 106 Å². The Hall–Kier alpha value is -1.16. The molecule has 0 radical (unpaired) electrons. The van der Waals surface area contributed by atoms with E-state index in [2.05, 4.69) is 0 Å². The molecule has 0 aliphatic rings. The smallest absolute Gasteiger partial charge is 0.309 e. The Bertz CT molecular complexity index is 388. The van der Waals surface area contributed by atoms with E-state index in [1.54, 1.807) is 13.8 Å². The minimum absolute atomic E-state index is 0.540. The molecule has 0 aliphatic carbocycles. The minimum atomic E-state index is -0.772. The Morgan fingerprint density at radius 1 is 1.47 bits per heavy atom. The van der Waals surface area contributed by atoms with Crippen molar-refractivity contribution in [1.82, 2.24) is 0 Å². The van der Waals surface area contributed by atoms with Gasteiger partial charge in [0.15, 0.2) is 0 Å². The molecule has 1 aromatic rings. The SMILES string of the molecule is CCOc1cccc(SCC(C)(C)C(=O)O)c1. The highest BCUT2D eigenvalue weighted by atomic mass is 32.2. The van der Waals surface area contributed by atoms with Gasteiger partial charge in [-0.25, -0.2) is 0 Å². The summed E-state index contributed by atoms with van der Waals surface area (Å²) in [5.41, 5.74) is -0.716. The van der Waals surface area contributed by atoms with Gasteiger partial charge in [0, 0.05) is 10.6 Å². The number of hydrogen-bond acceptors (Lipinski definition) is 3. The van der Waals surface area contributed by atoms with Crippen LogP contribution in [0.15, 0.2) is 29.2 Å². The third kappa shape index (κ3) is 4.30. The second-order valence-corrected chi connectivity index (χ2v) is 5.43. The molecule has 0 unspecified atom stereocenters. The van der Waals surface area contributed by atoms with Crippen LogP contribution in [-0.4, -0.2) is 23.4 Å². The first kappa shape index (κ1) is 13.9. The summed E-state index contributed by atoms with van der Waals surface area (Å²) in [6, 6.07) is 7.72. The molecule has 0 amide bonds. The van der Waals surface area contributed by atoms with Crippen LogP contribution in [0.4, 0.5) is 0 Å². The third-order valence-electron chi connectivity index (χ3n) is 2.30. The lowest BCUT2D eigenvalue weighted by Crippen LogP contribution is -2.26. The van der Waals surface area contributed by atoms with Gasteiger partial charge in [-0.3, -0.25) is 4.79 Å². The van der Waals surface area contributed by atoms with Crippen molar-refractivity contribution in [2.75, 3.05) is 12.4 Å². The minimum Gasteiger partial charge on any atom is -0.494 e. The van der Waals surface area contributed by atoms with Crippen molar-refractivity contribution in [3.63, 3.8) is 0 Å². The second-order valence-electron chi connectivity index (χ2n) is 4.39. The molecule has 0 aromatic heterocycles. The molecule has 0 spiro atoms. The molecule has 0 aliphatic heterocycles. The van der Waals surface area contributed by atoms with Gasteiger partial charge in [0.1, 0.15) is 5.75 Å². The molecule has 0 atom stereocenters. The van der Waals surface area contributed by atoms with E-state index in [4.69, 9.17) is 9.84 Å². The molecule has 4 heteroatoms. The van der Waals surface area contributed by atoms with Crippen molar-refractivity contribution in [2.45, 2.75) is 25.7 Å². The number of benzene rings is 1. The first-order valence-electron chi connectivity index (χ1n) is 5.55. The summed E-state index contributed by atoms with van der Waals surface area (Å²) < 4.78 is 5.40. The van der Waals surface area contributed by atoms with E-state index < -0.39 is 11.4 Å². The first-order chi connectivity index (χ1) is 7.95. The average molecular weight is 254 g/mol. The molecule has 0 saturated carbocycles. The molecule has 0 fully saturated rings. The van der Waals surface area contributed by atoms with Crippen molar-refractivity contribution in [3.05, 3.63) is 24.3 Å². The maximum absolute atomic E-state index is 11.0. The van der Waals surface area contributed by atoms with Gasteiger partial charge in [0.25, 0.3) is 0 Å². The van der Waals surface area contributed by atoms with Gasteiger partial charge >= 0.3 is 5.97 Å². The van der Waals surface area contributed by atoms with Crippen LogP contribution in [0.25, 0.3) is 0 Å². The highest BCUT2D eigenvalue weighted by Gasteiger charge is 2.27. The predicted octanol–water partition coefficient (Wildman–Crippen LogP) is 3.29. The number of aliphatic carboxylic acids is 1. The van der Waals surface area contributed by atoms with Crippen LogP contribution in [0.5, 0.6) is 5.75 Å². The van der Waals surface area contributed by atoms with Crippen molar-refractivity contribution < 1.29 is 14.6 Å². The number of rotatable bonds is 6. The Balaban J connectivity index is 2.63. The molecular formula is C13H18O3S. The van der Waals surface area contributed by atoms with Gasteiger partial charge in [-0.15, -0.1) is 11.8 Å². The van der Waals surface area contributed by atoms with E-state index in [1.165, 1.54) is 11.8 Å². The van der Waals surface area contributed by atoms with Crippen LogP contribution >= 0.6 is 11.8 Å². The monoisotopic (exact) mass is 254 g/mol. The van der Waals surface area contributed by atoms with E-state index in [1.807, 2.05) is 31.2 Å². The fraction of sp³-hybridized carbons (Fsp3) is 0.462. The molecule has 1 aromatic carbocycles. The summed E-state index contributed by atoms with van der Waals surface area (Å²) in [6.07, 6.45) is 0. The third-order valence-corrected chi connectivity index (χ3v) is 3.75. The molecule has 1 N–H and O–H groups in total. The molecule has 94 valence electrons. The summed E-state index contributed by atoms with van der Waals surface area (Å²) in [7, 11) is 0. The molecule has 0 saturated heterocycles. The van der Waals surface area contributed by atoms with Crippen molar-refractivity contribution in [3.8, 4) is 5.75 Å². The normalized spacial score (nSPS) is 11.2. The van der Waals surface area contributed by atoms with Crippen LogP contribution in [-0.2, 0) is 4.79 Å². The second kappa shape index (κ2) is 5.96. The highest BCUT2D eigenvalue weighted by Crippen LogP contribution is 2.29. The quantitative estimate of drug-likeness (QED) is 0.791. The number of carboxylic acid groups (broad SMARTS) is 1. The van der Waals surface area contributed by atoms with E-state index in [9.17, 15) is 4.79 Å². The maximum Gasteiger partial charge on any atom is 0.309 e. The highest BCUT2D eigenvalue weighted by molar-refractivity contribution is 7.99. The van der Waals surface area contributed by atoms with Gasteiger partial charge in [-0.05, 0) is 39.0 Å². The number of hydrogen-bond donors (Lipinski definition) is 1. The molecule has 3 nitrogen and oxygen atoms in total. The summed E-state index contributed by atoms with van der Waals surface area (Å²) >= 11 is 1.53. The summed E-state index contributed by atoms with van der Waals surface area (Å²) in [4.78, 5) is 12.0. The van der Waals surface area contributed by atoms with E-state index in [-0.39, 0.29) is 0 Å². The summed E-state index contributed by atoms with van der Waals surface area (Å²) in [5, 5.41) is 9.02. The lowest BCUT2D eigenvalue weighted by Gasteiger charge is -2.18. The number of thioether (sulfide) groups is 1. The Morgan fingerprint density at radius 3 is 2.76 bits per heavy atom.